The topological polar surface area (TPSA) is 54.5 Å². The van der Waals surface area contributed by atoms with Gasteiger partial charge < -0.3 is 0 Å². The van der Waals surface area contributed by atoms with Crippen LogP contribution in [-0.2, 0) is 7.05 Å². The van der Waals surface area contributed by atoms with Crippen LogP contribution in [0.3, 0.4) is 0 Å². The molecule has 0 saturated carbocycles. The standard InChI is InChI=1S/C10H8N4S/c1-14-7-10(6-13-14)15-9-2-3-12-8(4-9)5-11/h2-4,6-7H,1H3. The fraction of sp³-hybridized carbons (Fsp3) is 0.100. The van der Waals surface area contributed by atoms with Gasteiger partial charge in [-0.15, -0.1) is 0 Å². The van der Waals surface area contributed by atoms with Gasteiger partial charge in [-0.1, -0.05) is 11.8 Å². The number of aromatic nitrogens is 3. The molecule has 74 valence electrons. The Balaban J connectivity index is 2.21. The maximum atomic E-state index is 8.69. The van der Waals surface area contributed by atoms with E-state index in [1.807, 2.05) is 25.4 Å². The zero-order chi connectivity index (χ0) is 10.7. The molecule has 0 bridgehead atoms. The molecule has 0 N–H and O–H groups in total. The summed E-state index contributed by atoms with van der Waals surface area (Å²) in [6, 6.07) is 5.65. The first-order valence-corrected chi connectivity index (χ1v) is 5.12. The van der Waals surface area contributed by atoms with Gasteiger partial charge in [0.05, 0.1) is 11.1 Å². The molecule has 0 aliphatic heterocycles. The Bertz CT molecular complexity index is 512. The molecule has 0 spiro atoms. The first-order chi connectivity index (χ1) is 7.28. The van der Waals surface area contributed by atoms with E-state index in [0.29, 0.717) is 5.69 Å². The van der Waals surface area contributed by atoms with Crippen LogP contribution in [0, 0.1) is 11.3 Å². The molecule has 15 heavy (non-hydrogen) atoms. The molecular formula is C10H8N4S. The van der Waals surface area contributed by atoms with E-state index in [-0.39, 0.29) is 0 Å². The lowest BCUT2D eigenvalue weighted by Crippen LogP contribution is -1.84. The fourth-order valence-electron chi connectivity index (χ4n) is 1.12. The lowest BCUT2D eigenvalue weighted by atomic mass is 10.4. The van der Waals surface area contributed by atoms with Gasteiger partial charge in [0.1, 0.15) is 11.8 Å². The van der Waals surface area contributed by atoms with E-state index < -0.39 is 0 Å². The highest BCUT2D eigenvalue weighted by atomic mass is 32.2. The Hall–Kier alpha value is -1.80. The van der Waals surface area contributed by atoms with Crippen molar-refractivity contribution in [1.29, 1.82) is 5.26 Å². The average Bonchev–Trinajstić information content (AvgIpc) is 2.64. The van der Waals surface area contributed by atoms with Crippen LogP contribution in [0.15, 0.2) is 40.5 Å². The van der Waals surface area contributed by atoms with Gasteiger partial charge in [0.15, 0.2) is 0 Å². The number of hydrogen-bond acceptors (Lipinski definition) is 4. The molecule has 0 radical (unpaired) electrons. The summed E-state index contributed by atoms with van der Waals surface area (Å²) in [5, 5.41) is 12.8. The molecule has 5 heteroatoms. The Morgan fingerprint density at radius 2 is 2.33 bits per heavy atom. The minimum atomic E-state index is 0.434. The van der Waals surface area contributed by atoms with Crippen molar-refractivity contribution >= 4 is 11.8 Å². The van der Waals surface area contributed by atoms with E-state index in [4.69, 9.17) is 5.26 Å². The third-order valence-electron chi connectivity index (χ3n) is 1.76. The van der Waals surface area contributed by atoms with E-state index in [0.717, 1.165) is 9.79 Å². The van der Waals surface area contributed by atoms with Crippen molar-refractivity contribution in [2.75, 3.05) is 0 Å². The molecule has 0 atom stereocenters. The van der Waals surface area contributed by atoms with E-state index in [1.54, 1.807) is 34.9 Å². The monoisotopic (exact) mass is 216 g/mol. The SMILES string of the molecule is Cn1cc(Sc2ccnc(C#N)c2)cn1. The minimum absolute atomic E-state index is 0.434. The fourth-order valence-corrected chi connectivity index (χ4v) is 2.00. The Labute approximate surface area is 91.6 Å². The van der Waals surface area contributed by atoms with E-state index >= 15 is 0 Å². The van der Waals surface area contributed by atoms with Crippen molar-refractivity contribution in [2.45, 2.75) is 9.79 Å². The summed E-state index contributed by atoms with van der Waals surface area (Å²) in [4.78, 5) is 5.95. The highest BCUT2D eigenvalue weighted by molar-refractivity contribution is 7.99. The summed E-state index contributed by atoms with van der Waals surface area (Å²) < 4.78 is 1.74. The molecule has 0 saturated heterocycles. The zero-order valence-corrected chi connectivity index (χ0v) is 8.90. The second kappa shape index (κ2) is 4.15. The van der Waals surface area contributed by atoms with Crippen LogP contribution in [0.5, 0.6) is 0 Å². The van der Waals surface area contributed by atoms with Crippen LogP contribution in [0.25, 0.3) is 0 Å². The molecule has 2 aromatic rings. The van der Waals surface area contributed by atoms with Gasteiger partial charge in [-0.3, -0.25) is 4.68 Å². The summed E-state index contributed by atoms with van der Waals surface area (Å²) >= 11 is 1.56. The average molecular weight is 216 g/mol. The van der Waals surface area contributed by atoms with E-state index in [9.17, 15) is 0 Å². The van der Waals surface area contributed by atoms with Crippen LogP contribution in [0.4, 0.5) is 0 Å². The van der Waals surface area contributed by atoms with Gasteiger partial charge >= 0.3 is 0 Å². The van der Waals surface area contributed by atoms with Crippen molar-refractivity contribution in [3.05, 3.63) is 36.4 Å². The van der Waals surface area contributed by atoms with Crippen molar-refractivity contribution in [2.24, 2.45) is 7.05 Å². The van der Waals surface area contributed by atoms with Gasteiger partial charge in [0, 0.05) is 24.3 Å². The molecule has 0 unspecified atom stereocenters. The number of pyridine rings is 1. The molecule has 0 aliphatic carbocycles. The summed E-state index contributed by atoms with van der Waals surface area (Å²) in [6.45, 7) is 0. The molecule has 0 amide bonds. The molecule has 0 aliphatic rings. The third kappa shape index (κ3) is 2.36. The van der Waals surface area contributed by atoms with Crippen LogP contribution >= 0.6 is 11.8 Å². The van der Waals surface area contributed by atoms with Crippen LogP contribution in [0.1, 0.15) is 5.69 Å². The Kier molecular flexibility index (Phi) is 2.70. The predicted molar refractivity (Wildman–Crippen MR) is 56.3 cm³/mol. The normalized spacial score (nSPS) is 9.87. The number of hydrogen-bond donors (Lipinski definition) is 0. The number of nitrogens with zero attached hydrogens (tertiary/aromatic N) is 4. The molecule has 4 nitrogen and oxygen atoms in total. The molecular weight excluding hydrogens is 208 g/mol. The number of aryl methyl sites for hydroxylation is 1. The van der Waals surface area contributed by atoms with E-state index in [2.05, 4.69) is 10.1 Å². The summed E-state index contributed by atoms with van der Waals surface area (Å²) in [5.74, 6) is 0. The first kappa shape index (κ1) is 9.74. The summed E-state index contributed by atoms with van der Waals surface area (Å²) in [7, 11) is 1.87. The first-order valence-electron chi connectivity index (χ1n) is 4.30. The highest BCUT2D eigenvalue weighted by Crippen LogP contribution is 2.26. The highest BCUT2D eigenvalue weighted by Gasteiger charge is 2.01. The maximum Gasteiger partial charge on any atom is 0.141 e. The quantitative estimate of drug-likeness (QED) is 0.768. The van der Waals surface area contributed by atoms with Gasteiger partial charge in [0.2, 0.25) is 0 Å². The van der Waals surface area contributed by atoms with Crippen LogP contribution in [-0.4, -0.2) is 14.8 Å². The minimum Gasteiger partial charge on any atom is -0.275 e. The Morgan fingerprint density at radius 3 is 3.00 bits per heavy atom. The maximum absolute atomic E-state index is 8.69. The third-order valence-corrected chi connectivity index (χ3v) is 2.70. The van der Waals surface area contributed by atoms with Crippen molar-refractivity contribution in [1.82, 2.24) is 14.8 Å². The van der Waals surface area contributed by atoms with E-state index in [1.165, 1.54) is 0 Å². The second-order valence-corrected chi connectivity index (χ2v) is 4.09. The van der Waals surface area contributed by atoms with Gasteiger partial charge in [-0.25, -0.2) is 4.98 Å². The largest absolute Gasteiger partial charge is 0.275 e. The van der Waals surface area contributed by atoms with Crippen molar-refractivity contribution in [3.63, 3.8) is 0 Å². The second-order valence-electron chi connectivity index (χ2n) is 2.94. The Morgan fingerprint density at radius 1 is 1.47 bits per heavy atom. The lowest BCUT2D eigenvalue weighted by Gasteiger charge is -1.97. The predicted octanol–water partition coefficient (Wildman–Crippen LogP) is 1.84. The molecule has 2 heterocycles. The lowest BCUT2D eigenvalue weighted by molar-refractivity contribution is 0.766. The van der Waals surface area contributed by atoms with Crippen LogP contribution < -0.4 is 0 Å². The summed E-state index contributed by atoms with van der Waals surface area (Å²) in [5.41, 5.74) is 0.434. The van der Waals surface area contributed by atoms with Gasteiger partial charge in [0.25, 0.3) is 0 Å². The van der Waals surface area contributed by atoms with Gasteiger partial charge in [-0.2, -0.15) is 10.4 Å². The molecule has 0 fully saturated rings. The van der Waals surface area contributed by atoms with Crippen molar-refractivity contribution in [3.8, 4) is 6.07 Å². The molecule has 2 aromatic heterocycles. The van der Waals surface area contributed by atoms with Gasteiger partial charge in [-0.05, 0) is 12.1 Å². The molecule has 0 aromatic carbocycles. The zero-order valence-electron chi connectivity index (χ0n) is 8.08. The molecule has 2 rings (SSSR count). The van der Waals surface area contributed by atoms with Crippen LogP contribution in [0.2, 0.25) is 0 Å². The number of nitriles is 1. The number of rotatable bonds is 2. The summed E-state index contributed by atoms with van der Waals surface area (Å²) in [6.07, 6.45) is 5.35. The smallest absolute Gasteiger partial charge is 0.141 e. The van der Waals surface area contributed by atoms with Crippen molar-refractivity contribution < 1.29 is 0 Å².